The molecule has 1 aromatic heterocycles. The third-order valence-electron chi connectivity index (χ3n) is 5.72. The molecule has 3 aromatic carbocycles. The third kappa shape index (κ3) is 4.52. The molecule has 164 valence electrons. The lowest BCUT2D eigenvalue weighted by atomic mass is 10.1. The Labute approximate surface area is 189 Å². The Morgan fingerprint density at radius 2 is 1.75 bits per heavy atom. The van der Waals surface area contributed by atoms with Crippen molar-refractivity contribution in [3.63, 3.8) is 0 Å². The van der Waals surface area contributed by atoms with Crippen molar-refractivity contribution in [2.75, 3.05) is 6.61 Å². The molecule has 1 amide bonds. The lowest BCUT2D eigenvalue weighted by Crippen LogP contribution is -2.29. The normalized spacial score (nSPS) is 12.0. The van der Waals surface area contributed by atoms with Crippen LogP contribution >= 0.6 is 0 Å². The van der Waals surface area contributed by atoms with Crippen molar-refractivity contribution in [3.8, 4) is 5.75 Å². The highest BCUT2D eigenvalue weighted by Crippen LogP contribution is 2.23. The van der Waals surface area contributed by atoms with E-state index in [0.29, 0.717) is 18.7 Å². The number of ether oxygens (including phenoxy) is 1. The molecule has 0 aliphatic heterocycles. The summed E-state index contributed by atoms with van der Waals surface area (Å²) >= 11 is 0. The van der Waals surface area contributed by atoms with Crippen molar-refractivity contribution in [2.45, 2.75) is 40.3 Å². The zero-order valence-corrected chi connectivity index (χ0v) is 19.1. The molecule has 0 radical (unpaired) electrons. The van der Waals surface area contributed by atoms with E-state index in [9.17, 15) is 4.79 Å². The van der Waals surface area contributed by atoms with Crippen LogP contribution in [0.5, 0.6) is 5.75 Å². The number of amides is 1. The van der Waals surface area contributed by atoms with Gasteiger partial charge in [-0.05, 0) is 68.7 Å². The van der Waals surface area contributed by atoms with Gasteiger partial charge in [0.25, 0.3) is 5.91 Å². The van der Waals surface area contributed by atoms with Gasteiger partial charge in [-0.2, -0.15) is 0 Å². The first-order valence-corrected chi connectivity index (χ1v) is 11.0. The van der Waals surface area contributed by atoms with Crippen LogP contribution in [0, 0.1) is 20.8 Å². The number of carbonyl (C=O) groups excluding carboxylic acids is 1. The molecule has 32 heavy (non-hydrogen) atoms. The first-order valence-electron chi connectivity index (χ1n) is 11.0. The zero-order chi connectivity index (χ0) is 22.7. The van der Waals surface area contributed by atoms with Crippen LogP contribution in [0.3, 0.4) is 0 Å². The third-order valence-corrected chi connectivity index (χ3v) is 5.72. The van der Waals surface area contributed by atoms with E-state index in [1.54, 1.807) is 0 Å². The quantitative estimate of drug-likeness (QED) is 0.422. The minimum Gasteiger partial charge on any atom is -0.491 e. The largest absolute Gasteiger partial charge is 0.491 e. The van der Waals surface area contributed by atoms with E-state index in [1.165, 1.54) is 5.56 Å². The number of para-hydroxylation sites is 2. The van der Waals surface area contributed by atoms with Crippen LogP contribution in [-0.2, 0) is 6.54 Å². The number of aromatic nitrogens is 2. The van der Waals surface area contributed by atoms with Crippen molar-refractivity contribution in [2.24, 2.45) is 0 Å². The fourth-order valence-corrected chi connectivity index (χ4v) is 3.94. The number of nitrogens with zero attached hydrogens (tertiary/aromatic N) is 2. The fraction of sp³-hybridized carbons (Fsp3) is 0.259. The van der Waals surface area contributed by atoms with Gasteiger partial charge >= 0.3 is 0 Å². The molecule has 4 aromatic rings. The minimum absolute atomic E-state index is 0.0964. The molecule has 0 saturated carbocycles. The Bertz CT molecular complexity index is 1260. The summed E-state index contributed by atoms with van der Waals surface area (Å²) in [7, 11) is 0. The topological polar surface area (TPSA) is 56.1 Å². The molecule has 1 atom stereocenters. The molecule has 0 bridgehead atoms. The zero-order valence-electron chi connectivity index (χ0n) is 19.1. The van der Waals surface area contributed by atoms with Gasteiger partial charge in [0.05, 0.1) is 23.6 Å². The first-order chi connectivity index (χ1) is 15.4. The van der Waals surface area contributed by atoms with Crippen molar-refractivity contribution < 1.29 is 9.53 Å². The summed E-state index contributed by atoms with van der Waals surface area (Å²) in [4.78, 5) is 17.7. The van der Waals surface area contributed by atoms with Gasteiger partial charge in [0, 0.05) is 5.56 Å². The number of imidazole rings is 1. The maximum Gasteiger partial charge on any atom is 0.252 e. The molecule has 0 aliphatic rings. The van der Waals surface area contributed by atoms with Crippen LogP contribution < -0.4 is 10.1 Å². The predicted molar refractivity (Wildman–Crippen MR) is 128 cm³/mol. The molecule has 0 saturated heterocycles. The van der Waals surface area contributed by atoms with E-state index < -0.39 is 0 Å². The van der Waals surface area contributed by atoms with Crippen LogP contribution in [0.2, 0.25) is 0 Å². The van der Waals surface area contributed by atoms with Gasteiger partial charge < -0.3 is 14.6 Å². The molecule has 5 heteroatoms. The van der Waals surface area contributed by atoms with Crippen molar-refractivity contribution >= 4 is 16.9 Å². The number of rotatable bonds is 7. The highest BCUT2D eigenvalue weighted by Gasteiger charge is 2.20. The predicted octanol–water partition coefficient (Wildman–Crippen LogP) is 5.53. The molecular formula is C27H29N3O2. The van der Waals surface area contributed by atoms with Crippen molar-refractivity contribution in [1.82, 2.24) is 14.9 Å². The van der Waals surface area contributed by atoms with Gasteiger partial charge in [-0.15, -0.1) is 0 Å². The molecule has 1 unspecified atom stereocenters. The maximum atomic E-state index is 12.9. The lowest BCUT2D eigenvalue weighted by molar-refractivity contribution is 0.0937. The van der Waals surface area contributed by atoms with Gasteiger partial charge in [0.2, 0.25) is 0 Å². The number of benzene rings is 3. The van der Waals surface area contributed by atoms with Crippen LogP contribution in [0.4, 0.5) is 0 Å². The number of hydrogen-bond acceptors (Lipinski definition) is 3. The molecule has 0 spiro atoms. The number of hydrogen-bond donors (Lipinski definition) is 1. The second-order valence-corrected chi connectivity index (χ2v) is 8.24. The number of nitrogens with one attached hydrogen (secondary N) is 1. The van der Waals surface area contributed by atoms with Crippen LogP contribution in [0.1, 0.15) is 45.8 Å². The van der Waals surface area contributed by atoms with E-state index in [1.807, 2.05) is 56.3 Å². The summed E-state index contributed by atoms with van der Waals surface area (Å²) in [6.45, 7) is 9.17. The maximum absolute atomic E-state index is 12.9. The SMILES string of the molecule is Cc1ccc(C)c(OCCn2c(C(C)NC(=O)c3ccccc3C)nc3ccccc32)c1. The Balaban J connectivity index is 1.56. The minimum atomic E-state index is -0.254. The first kappa shape index (κ1) is 21.6. The fourth-order valence-electron chi connectivity index (χ4n) is 3.94. The molecule has 4 rings (SSSR count). The van der Waals surface area contributed by atoms with E-state index >= 15 is 0 Å². The van der Waals surface area contributed by atoms with E-state index in [0.717, 1.165) is 33.7 Å². The lowest BCUT2D eigenvalue weighted by Gasteiger charge is -2.18. The molecule has 1 heterocycles. The van der Waals surface area contributed by atoms with Gasteiger partial charge in [-0.3, -0.25) is 4.79 Å². The van der Waals surface area contributed by atoms with Crippen LogP contribution in [0.15, 0.2) is 66.7 Å². The summed E-state index contributed by atoms with van der Waals surface area (Å²) in [6.07, 6.45) is 0. The number of fused-ring (bicyclic) bond motifs is 1. The number of aryl methyl sites for hydroxylation is 3. The second-order valence-electron chi connectivity index (χ2n) is 8.24. The Morgan fingerprint density at radius 3 is 2.56 bits per heavy atom. The van der Waals surface area contributed by atoms with Gasteiger partial charge in [-0.1, -0.05) is 42.5 Å². The molecule has 0 fully saturated rings. The second kappa shape index (κ2) is 9.27. The summed E-state index contributed by atoms with van der Waals surface area (Å²) in [5.74, 6) is 1.62. The molecule has 1 N–H and O–H groups in total. The van der Waals surface area contributed by atoms with Gasteiger partial charge in [0.1, 0.15) is 18.2 Å². The van der Waals surface area contributed by atoms with Crippen LogP contribution in [-0.4, -0.2) is 22.1 Å². The summed E-state index contributed by atoms with van der Waals surface area (Å²) in [5.41, 5.74) is 5.86. The van der Waals surface area contributed by atoms with Crippen molar-refractivity contribution in [3.05, 3.63) is 94.8 Å². The van der Waals surface area contributed by atoms with Crippen LogP contribution in [0.25, 0.3) is 11.0 Å². The monoisotopic (exact) mass is 427 g/mol. The Hall–Kier alpha value is -3.60. The number of carbonyl (C=O) groups is 1. The Morgan fingerprint density at radius 1 is 1.00 bits per heavy atom. The Kier molecular flexibility index (Phi) is 6.26. The van der Waals surface area contributed by atoms with E-state index in [4.69, 9.17) is 9.72 Å². The summed E-state index contributed by atoms with van der Waals surface area (Å²) in [6, 6.07) is 21.6. The van der Waals surface area contributed by atoms with E-state index in [2.05, 4.69) is 48.0 Å². The van der Waals surface area contributed by atoms with Crippen molar-refractivity contribution in [1.29, 1.82) is 0 Å². The molecule has 0 aliphatic carbocycles. The van der Waals surface area contributed by atoms with Gasteiger partial charge in [0.15, 0.2) is 0 Å². The average molecular weight is 428 g/mol. The standard InChI is InChI=1S/C27H29N3O2/c1-18-13-14-20(3)25(17-18)32-16-15-30-24-12-8-7-11-23(24)29-26(30)21(4)28-27(31)22-10-6-5-9-19(22)2/h5-14,17,21H,15-16H2,1-4H3,(H,28,31). The average Bonchev–Trinajstić information content (AvgIpc) is 3.15. The summed E-state index contributed by atoms with van der Waals surface area (Å²) < 4.78 is 8.25. The smallest absolute Gasteiger partial charge is 0.252 e. The highest BCUT2D eigenvalue weighted by molar-refractivity contribution is 5.95. The molecule has 5 nitrogen and oxygen atoms in total. The highest BCUT2D eigenvalue weighted by atomic mass is 16.5. The molecular weight excluding hydrogens is 398 g/mol. The summed E-state index contributed by atoms with van der Waals surface area (Å²) in [5, 5.41) is 3.12. The van der Waals surface area contributed by atoms with Gasteiger partial charge in [-0.25, -0.2) is 4.98 Å². The van der Waals surface area contributed by atoms with E-state index in [-0.39, 0.29) is 11.9 Å².